The standard InChI is InChI=1S/C40H43N3O10/c1-43-22-19-39-32-26-13-14-27(50-2)35(32)52-36(39)28(51-30(44)16-20-41-37(48)33(46)24-9-5-3-6-10-24)15-18-40(39,29(43)23-26)53-31(45)17-21-42-38(49)34(47)25-11-7-4-8-12-25/h3-15,29,33-34,36,46-47H,16-23H2,1-2H3,(H,41,48)(H,42,49)/t29-,33-,34-,36+,39+,40-/m0/s1. The van der Waals surface area contributed by atoms with E-state index in [1.54, 1.807) is 73.8 Å². The molecule has 13 nitrogen and oxygen atoms in total. The molecule has 1 saturated heterocycles. The number of likely N-dealkylation sites (N-methyl/N-ethyl adjacent to an activating group) is 1. The van der Waals surface area contributed by atoms with Gasteiger partial charge in [0.15, 0.2) is 29.8 Å². The van der Waals surface area contributed by atoms with E-state index in [2.05, 4.69) is 15.5 Å². The van der Waals surface area contributed by atoms with Gasteiger partial charge in [0.1, 0.15) is 11.4 Å². The van der Waals surface area contributed by atoms with Crippen LogP contribution in [0, 0.1) is 0 Å². The molecule has 1 fully saturated rings. The van der Waals surface area contributed by atoms with Crippen LogP contribution < -0.4 is 20.1 Å². The topological polar surface area (TPSA) is 173 Å². The normalized spacial score (nSPS) is 24.7. The third-order valence-corrected chi connectivity index (χ3v) is 11.0. The fourth-order valence-electron chi connectivity index (χ4n) is 8.54. The van der Waals surface area contributed by atoms with E-state index < -0.39 is 53.1 Å². The SMILES string of the molecule is COc1ccc2c3c1O[C@@H]1C(OC(=O)CCNC(=O)[C@@H](O)c4ccccc4)=CC[C@]4(OC(=O)CCNC(=O)[C@@H](O)c5ccccc5)[C@H](C2)N(C)CC[C@@]314. The molecule has 2 aliphatic carbocycles. The first-order chi connectivity index (χ1) is 25.6. The van der Waals surface area contributed by atoms with Crippen LogP contribution in [0.1, 0.15) is 60.1 Å². The van der Waals surface area contributed by atoms with Gasteiger partial charge in [0.25, 0.3) is 11.8 Å². The molecule has 4 aliphatic rings. The summed E-state index contributed by atoms with van der Waals surface area (Å²) >= 11 is 0. The molecule has 0 aromatic heterocycles. The first-order valence-corrected chi connectivity index (χ1v) is 17.8. The van der Waals surface area contributed by atoms with Gasteiger partial charge in [-0.3, -0.25) is 24.1 Å². The Hall–Kier alpha value is -5.24. The van der Waals surface area contributed by atoms with E-state index in [0.717, 1.165) is 11.1 Å². The second-order valence-corrected chi connectivity index (χ2v) is 13.9. The lowest BCUT2D eigenvalue weighted by Crippen LogP contribution is -2.75. The maximum Gasteiger partial charge on any atom is 0.312 e. The minimum atomic E-state index is -1.38. The van der Waals surface area contributed by atoms with E-state index in [1.807, 2.05) is 19.2 Å². The third-order valence-electron chi connectivity index (χ3n) is 11.0. The van der Waals surface area contributed by atoms with Crippen LogP contribution >= 0.6 is 0 Å². The zero-order valence-corrected chi connectivity index (χ0v) is 29.6. The minimum Gasteiger partial charge on any atom is -0.493 e. The number of carbonyl (C=O) groups is 4. The molecule has 278 valence electrons. The van der Waals surface area contributed by atoms with E-state index in [1.165, 1.54) is 0 Å². The van der Waals surface area contributed by atoms with Crippen LogP contribution in [-0.4, -0.2) is 90.4 Å². The summed E-state index contributed by atoms with van der Waals surface area (Å²) in [5.74, 6) is -1.07. The molecule has 3 aromatic carbocycles. The number of rotatable bonds is 13. The Kier molecular flexibility index (Phi) is 9.99. The Balaban J connectivity index is 1.10. The van der Waals surface area contributed by atoms with Gasteiger partial charge >= 0.3 is 11.9 Å². The predicted octanol–water partition coefficient (Wildman–Crippen LogP) is 2.55. The fourth-order valence-corrected chi connectivity index (χ4v) is 8.54. The molecule has 6 atom stereocenters. The predicted molar refractivity (Wildman–Crippen MR) is 189 cm³/mol. The van der Waals surface area contributed by atoms with Crippen molar-refractivity contribution in [2.75, 3.05) is 33.8 Å². The van der Waals surface area contributed by atoms with Crippen molar-refractivity contribution in [1.82, 2.24) is 15.5 Å². The van der Waals surface area contributed by atoms with E-state index in [-0.39, 0.29) is 44.2 Å². The minimum absolute atomic E-state index is 0.0433. The average Bonchev–Trinajstić information content (AvgIpc) is 3.53. The van der Waals surface area contributed by atoms with Crippen LogP contribution in [0.4, 0.5) is 0 Å². The van der Waals surface area contributed by atoms with Crippen molar-refractivity contribution >= 4 is 23.8 Å². The van der Waals surface area contributed by atoms with Crippen molar-refractivity contribution in [3.05, 3.63) is 107 Å². The highest BCUT2D eigenvalue weighted by atomic mass is 16.6. The number of amides is 2. The number of ether oxygens (including phenoxy) is 4. The molecule has 0 unspecified atom stereocenters. The van der Waals surface area contributed by atoms with Gasteiger partial charge in [-0.1, -0.05) is 66.7 Å². The van der Waals surface area contributed by atoms with Crippen LogP contribution in [0.2, 0.25) is 0 Å². The molecule has 2 bridgehead atoms. The number of piperidine rings is 1. The van der Waals surface area contributed by atoms with Crippen LogP contribution in [0.15, 0.2) is 84.6 Å². The lowest BCUT2D eigenvalue weighted by molar-refractivity contribution is -0.206. The van der Waals surface area contributed by atoms with Gasteiger partial charge in [-0.15, -0.1) is 0 Å². The Morgan fingerprint density at radius 2 is 1.49 bits per heavy atom. The molecule has 7 rings (SSSR count). The molecule has 4 N–H and O–H groups in total. The monoisotopic (exact) mass is 725 g/mol. The van der Waals surface area contributed by atoms with Crippen molar-refractivity contribution in [2.24, 2.45) is 0 Å². The van der Waals surface area contributed by atoms with Gasteiger partial charge in [0.2, 0.25) is 0 Å². The summed E-state index contributed by atoms with van der Waals surface area (Å²) in [5.41, 5.74) is 0.743. The van der Waals surface area contributed by atoms with Gasteiger partial charge in [0.05, 0.1) is 31.4 Å². The van der Waals surface area contributed by atoms with Crippen LogP contribution in [0.3, 0.4) is 0 Å². The number of likely N-dealkylation sites (tertiary alicyclic amines) is 1. The van der Waals surface area contributed by atoms with Crippen LogP contribution in [0.5, 0.6) is 11.5 Å². The summed E-state index contributed by atoms with van der Waals surface area (Å²) in [6.45, 7) is 0.555. The van der Waals surface area contributed by atoms with Gasteiger partial charge in [-0.05, 0) is 55.3 Å². The first kappa shape index (κ1) is 36.1. The Morgan fingerprint density at radius 1 is 0.887 bits per heavy atom. The number of hydrogen-bond acceptors (Lipinski definition) is 11. The number of aliphatic hydroxyl groups is 2. The number of methoxy groups -OCH3 is 1. The summed E-state index contributed by atoms with van der Waals surface area (Å²) in [6.07, 6.45) is -0.810. The van der Waals surface area contributed by atoms with Crippen LogP contribution in [0.25, 0.3) is 0 Å². The first-order valence-electron chi connectivity index (χ1n) is 17.8. The van der Waals surface area contributed by atoms with Crippen molar-refractivity contribution in [1.29, 1.82) is 0 Å². The van der Waals surface area contributed by atoms with Crippen molar-refractivity contribution < 1.29 is 48.3 Å². The molecule has 13 heteroatoms. The van der Waals surface area contributed by atoms with E-state index >= 15 is 0 Å². The van der Waals surface area contributed by atoms with Gasteiger partial charge in [0, 0.05) is 25.1 Å². The summed E-state index contributed by atoms with van der Waals surface area (Å²) < 4.78 is 25.0. The number of carbonyl (C=O) groups excluding carboxylic acids is 4. The zero-order valence-electron chi connectivity index (χ0n) is 29.6. The number of nitrogens with one attached hydrogen (secondary N) is 2. The zero-order chi connectivity index (χ0) is 37.3. The number of nitrogens with zero attached hydrogens (tertiary/aromatic N) is 1. The molecule has 0 saturated carbocycles. The van der Waals surface area contributed by atoms with E-state index in [9.17, 15) is 29.4 Å². The second kappa shape index (κ2) is 14.6. The maximum absolute atomic E-state index is 13.8. The molecule has 2 amide bonds. The molecular formula is C40H43N3O10. The highest BCUT2D eigenvalue weighted by Crippen LogP contribution is 2.66. The smallest absolute Gasteiger partial charge is 0.312 e. The van der Waals surface area contributed by atoms with Crippen LogP contribution in [-0.2, 0) is 40.5 Å². The van der Waals surface area contributed by atoms with E-state index in [0.29, 0.717) is 42.0 Å². The number of aliphatic hydroxyl groups excluding tert-OH is 2. The molecule has 2 heterocycles. The van der Waals surface area contributed by atoms with Crippen molar-refractivity contribution in [3.8, 4) is 11.5 Å². The summed E-state index contributed by atoms with van der Waals surface area (Å²) in [5, 5.41) is 26.1. The second-order valence-electron chi connectivity index (χ2n) is 13.9. The van der Waals surface area contributed by atoms with Gasteiger partial charge in [-0.25, -0.2) is 0 Å². The largest absolute Gasteiger partial charge is 0.493 e. The maximum atomic E-state index is 13.8. The van der Waals surface area contributed by atoms with E-state index in [4.69, 9.17) is 18.9 Å². The number of benzene rings is 3. The lowest BCUT2D eigenvalue weighted by Gasteiger charge is -2.62. The third kappa shape index (κ3) is 6.32. The summed E-state index contributed by atoms with van der Waals surface area (Å²) in [6, 6.07) is 20.6. The quantitative estimate of drug-likeness (QED) is 0.191. The number of esters is 2. The molecule has 1 spiro atoms. The highest BCUT2D eigenvalue weighted by molar-refractivity contribution is 5.83. The average molecular weight is 726 g/mol. The number of hydrogen-bond donors (Lipinski definition) is 4. The summed E-state index contributed by atoms with van der Waals surface area (Å²) in [7, 11) is 3.55. The molecular weight excluding hydrogens is 682 g/mol. The Bertz CT molecular complexity index is 1920. The Morgan fingerprint density at radius 3 is 2.09 bits per heavy atom. The molecule has 3 aromatic rings. The fraction of sp³-hybridized carbons (Fsp3) is 0.400. The van der Waals surface area contributed by atoms with Crippen molar-refractivity contribution in [3.63, 3.8) is 0 Å². The summed E-state index contributed by atoms with van der Waals surface area (Å²) in [4.78, 5) is 54.4. The van der Waals surface area contributed by atoms with Gasteiger partial charge in [-0.2, -0.15) is 0 Å². The lowest BCUT2D eigenvalue weighted by atomic mass is 9.50. The van der Waals surface area contributed by atoms with Crippen molar-refractivity contribution in [2.45, 2.75) is 67.5 Å². The Labute approximate surface area is 306 Å². The van der Waals surface area contributed by atoms with Gasteiger partial charge < -0.3 is 39.8 Å². The highest BCUT2D eigenvalue weighted by Gasteiger charge is 2.74. The molecule has 2 aliphatic heterocycles. The molecule has 0 radical (unpaired) electrons. The molecule has 53 heavy (non-hydrogen) atoms.